The van der Waals surface area contributed by atoms with Gasteiger partial charge in [0, 0.05) is 12.8 Å². The summed E-state index contributed by atoms with van der Waals surface area (Å²) in [5, 5.41) is 8.85. The molecule has 0 amide bonds. The zero-order chi connectivity index (χ0) is 37.1. The molecule has 0 radical (unpaired) electrons. The molecule has 0 aliphatic heterocycles. The standard InChI is InChI=1S/C38H66NO10P/c1-3-5-7-9-11-13-15-16-17-18-20-22-24-26-28-30-37(41)49-34(32-47-50(44,45)48-33-35(39)38(42)43)31-46-36(40)29-27-25-23-21-19-14-12-10-8-6-4-2/h10-13,16-17,20,22,34-35H,3-9,14-15,18-19,21,23-33,39H2,1-2H3,(H,42,43)(H,44,45)/b12-10-,13-11-,17-16-,22-20-/t34-,35+/m1/s1. The average Bonchev–Trinajstić information content (AvgIpc) is 3.09. The minimum atomic E-state index is -4.72. The summed E-state index contributed by atoms with van der Waals surface area (Å²) in [6, 6.07) is -1.53. The number of hydrogen-bond acceptors (Lipinski definition) is 9. The van der Waals surface area contributed by atoms with E-state index in [4.69, 9.17) is 24.8 Å². The molecule has 3 atom stereocenters. The van der Waals surface area contributed by atoms with E-state index in [0.717, 1.165) is 70.6 Å². The van der Waals surface area contributed by atoms with E-state index in [2.05, 4.69) is 67.0 Å². The van der Waals surface area contributed by atoms with Crippen LogP contribution in [-0.2, 0) is 37.5 Å². The molecule has 0 aliphatic carbocycles. The van der Waals surface area contributed by atoms with Gasteiger partial charge in [0.15, 0.2) is 6.10 Å². The molecular formula is C38H66NO10P. The highest BCUT2D eigenvalue weighted by Gasteiger charge is 2.28. The van der Waals surface area contributed by atoms with Crippen LogP contribution in [0.25, 0.3) is 0 Å². The van der Waals surface area contributed by atoms with Crippen molar-refractivity contribution in [1.29, 1.82) is 0 Å². The molecule has 12 heteroatoms. The van der Waals surface area contributed by atoms with Gasteiger partial charge in [0.2, 0.25) is 0 Å². The van der Waals surface area contributed by atoms with Crippen LogP contribution in [-0.4, -0.2) is 59.9 Å². The molecule has 0 aromatic rings. The van der Waals surface area contributed by atoms with Gasteiger partial charge in [-0.1, -0.05) is 107 Å². The molecule has 11 nitrogen and oxygen atoms in total. The van der Waals surface area contributed by atoms with Crippen molar-refractivity contribution in [3.05, 3.63) is 48.6 Å². The molecule has 1 unspecified atom stereocenters. The number of carbonyl (C=O) groups is 3. The lowest BCUT2D eigenvalue weighted by atomic mass is 10.1. The molecule has 0 heterocycles. The summed E-state index contributed by atoms with van der Waals surface area (Å²) in [5.74, 6) is -2.45. The van der Waals surface area contributed by atoms with E-state index < -0.39 is 51.1 Å². The van der Waals surface area contributed by atoms with Crippen LogP contribution in [0.5, 0.6) is 0 Å². The predicted octanol–water partition coefficient (Wildman–Crippen LogP) is 9.05. The summed E-state index contributed by atoms with van der Waals surface area (Å²) in [5.41, 5.74) is 5.31. The van der Waals surface area contributed by atoms with Gasteiger partial charge in [0.25, 0.3) is 0 Å². The van der Waals surface area contributed by atoms with Crippen LogP contribution >= 0.6 is 7.82 Å². The second-order valence-corrected chi connectivity index (χ2v) is 13.8. The highest BCUT2D eigenvalue weighted by atomic mass is 31.2. The Balaban J connectivity index is 4.56. The topological polar surface area (TPSA) is 172 Å². The molecule has 50 heavy (non-hydrogen) atoms. The summed E-state index contributed by atoms with van der Waals surface area (Å²) < 4.78 is 32.5. The number of phosphoric acid groups is 1. The maximum Gasteiger partial charge on any atom is 0.472 e. The second-order valence-electron chi connectivity index (χ2n) is 12.3. The lowest BCUT2D eigenvalue weighted by molar-refractivity contribution is -0.161. The Morgan fingerprint density at radius 2 is 1.08 bits per heavy atom. The van der Waals surface area contributed by atoms with Crippen molar-refractivity contribution in [1.82, 2.24) is 0 Å². The Hall–Kier alpha value is -2.56. The molecule has 0 bridgehead atoms. The third-order valence-electron chi connectivity index (χ3n) is 7.55. The summed E-state index contributed by atoms with van der Waals surface area (Å²) in [7, 11) is -4.72. The SMILES string of the molecule is CCCC/C=C\CCCCCCCC(=O)OC[C@H](COP(=O)(O)OC[C@H](N)C(=O)O)OC(=O)CCCC/C=C\C/C=C\C/C=C\CCCCC. The minimum absolute atomic E-state index is 0.109. The third-order valence-corrected chi connectivity index (χ3v) is 8.50. The fraction of sp³-hybridized carbons (Fsp3) is 0.711. The Bertz CT molecular complexity index is 1040. The first-order valence-electron chi connectivity index (χ1n) is 18.7. The molecule has 0 aromatic heterocycles. The van der Waals surface area contributed by atoms with Crippen molar-refractivity contribution >= 4 is 25.7 Å². The van der Waals surface area contributed by atoms with Gasteiger partial charge in [0.1, 0.15) is 12.6 Å². The number of carboxylic acid groups (broad SMARTS) is 1. The molecule has 0 aliphatic rings. The van der Waals surface area contributed by atoms with Gasteiger partial charge in [-0.3, -0.25) is 23.4 Å². The van der Waals surface area contributed by atoms with Crippen molar-refractivity contribution in [2.45, 2.75) is 154 Å². The van der Waals surface area contributed by atoms with Gasteiger partial charge in [-0.2, -0.15) is 0 Å². The van der Waals surface area contributed by atoms with Crippen LogP contribution in [0.2, 0.25) is 0 Å². The second kappa shape index (κ2) is 33.6. The van der Waals surface area contributed by atoms with Crippen LogP contribution in [0.3, 0.4) is 0 Å². The van der Waals surface area contributed by atoms with Gasteiger partial charge in [-0.25, -0.2) is 4.57 Å². The van der Waals surface area contributed by atoms with Crippen LogP contribution in [0.15, 0.2) is 48.6 Å². The number of ether oxygens (including phenoxy) is 2. The Morgan fingerprint density at radius 3 is 1.70 bits per heavy atom. The minimum Gasteiger partial charge on any atom is -0.480 e. The first-order valence-corrected chi connectivity index (χ1v) is 20.2. The highest BCUT2D eigenvalue weighted by Crippen LogP contribution is 2.43. The van der Waals surface area contributed by atoms with Gasteiger partial charge in [-0.15, -0.1) is 0 Å². The molecule has 0 saturated heterocycles. The molecule has 0 aromatic carbocycles. The maximum atomic E-state index is 12.5. The monoisotopic (exact) mass is 727 g/mol. The number of nitrogens with two attached hydrogens (primary N) is 1. The predicted molar refractivity (Wildman–Crippen MR) is 198 cm³/mol. The zero-order valence-electron chi connectivity index (χ0n) is 30.7. The summed E-state index contributed by atoms with van der Waals surface area (Å²) in [6.45, 7) is 2.65. The number of allylic oxidation sites excluding steroid dienone is 8. The van der Waals surface area contributed by atoms with Gasteiger partial charge in [0.05, 0.1) is 13.2 Å². The first-order chi connectivity index (χ1) is 24.1. The van der Waals surface area contributed by atoms with Crippen molar-refractivity contribution in [3.63, 3.8) is 0 Å². The van der Waals surface area contributed by atoms with Crippen LogP contribution < -0.4 is 5.73 Å². The number of unbranched alkanes of at least 4 members (excludes halogenated alkanes) is 12. The maximum absolute atomic E-state index is 12.5. The Labute approximate surface area is 301 Å². The van der Waals surface area contributed by atoms with Gasteiger partial charge < -0.3 is 25.2 Å². The normalized spacial score (nSPS) is 14.5. The zero-order valence-corrected chi connectivity index (χ0v) is 31.6. The van der Waals surface area contributed by atoms with E-state index in [1.807, 2.05) is 0 Å². The Morgan fingerprint density at radius 1 is 0.620 bits per heavy atom. The van der Waals surface area contributed by atoms with Crippen molar-refractivity contribution in [2.75, 3.05) is 19.8 Å². The number of aliphatic carboxylic acids is 1. The van der Waals surface area contributed by atoms with E-state index in [0.29, 0.717) is 12.8 Å². The molecule has 0 rings (SSSR count). The largest absolute Gasteiger partial charge is 0.480 e. The van der Waals surface area contributed by atoms with E-state index in [9.17, 15) is 23.8 Å². The highest BCUT2D eigenvalue weighted by molar-refractivity contribution is 7.47. The van der Waals surface area contributed by atoms with E-state index in [1.165, 1.54) is 32.1 Å². The number of phosphoric ester groups is 1. The average molecular weight is 728 g/mol. The molecule has 288 valence electrons. The van der Waals surface area contributed by atoms with E-state index in [1.54, 1.807) is 0 Å². The van der Waals surface area contributed by atoms with Gasteiger partial charge >= 0.3 is 25.7 Å². The number of esters is 2. The molecular weight excluding hydrogens is 661 g/mol. The van der Waals surface area contributed by atoms with Crippen LogP contribution in [0.4, 0.5) is 0 Å². The molecule has 0 saturated carbocycles. The smallest absolute Gasteiger partial charge is 0.472 e. The summed E-state index contributed by atoms with van der Waals surface area (Å²) >= 11 is 0. The number of hydrogen-bond donors (Lipinski definition) is 3. The first kappa shape index (κ1) is 47.4. The molecule has 4 N–H and O–H groups in total. The fourth-order valence-corrected chi connectivity index (χ4v) is 5.30. The third kappa shape index (κ3) is 32.6. The van der Waals surface area contributed by atoms with Crippen LogP contribution in [0.1, 0.15) is 142 Å². The van der Waals surface area contributed by atoms with E-state index in [-0.39, 0.29) is 19.4 Å². The fourth-order valence-electron chi connectivity index (χ4n) is 4.52. The quantitative estimate of drug-likeness (QED) is 0.0250. The van der Waals surface area contributed by atoms with Crippen molar-refractivity contribution in [3.8, 4) is 0 Å². The lowest BCUT2D eigenvalue weighted by Gasteiger charge is -2.20. The number of rotatable bonds is 34. The van der Waals surface area contributed by atoms with Crippen molar-refractivity contribution in [2.24, 2.45) is 5.73 Å². The number of carboxylic acids is 1. The van der Waals surface area contributed by atoms with Crippen LogP contribution in [0, 0.1) is 0 Å². The van der Waals surface area contributed by atoms with Gasteiger partial charge in [-0.05, 0) is 70.6 Å². The Kier molecular flexibility index (Phi) is 31.9. The summed E-state index contributed by atoms with van der Waals surface area (Å²) in [6.07, 6.45) is 34.8. The van der Waals surface area contributed by atoms with E-state index >= 15 is 0 Å². The van der Waals surface area contributed by atoms with Crippen molar-refractivity contribution < 1.29 is 47.5 Å². The molecule has 0 spiro atoms. The number of carbonyl (C=O) groups excluding carboxylic acids is 2. The summed E-state index contributed by atoms with van der Waals surface area (Å²) in [4.78, 5) is 45.7. The lowest BCUT2D eigenvalue weighted by Crippen LogP contribution is -2.34. The molecule has 0 fully saturated rings.